The molecule has 4 heteroatoms. The maximum Gasteiger partial charge on any atom is 0.338 e. The lowest BCUT2D eigenvalue weighted by Crippen LogP contribution is -2.27. The van der Waals surface area contributed by atoms with E-state index in [0.29, 0.717) is 5.56 Å². The average molecular weight is 290 g/mol. The van der Waals surface area contributed by atoms with Crippen molar-refractivity contribution in [3.8, 4) is 0 Å². The Labute approximate surface area is 125 Å². The zero-order chi connectivity index (χ0) is 15.1. The minimum absolute atomic E-state index is 0.0195. The van der Waals surface area contributed by atoms with E-state index in [2.05, 4.69) is 0 Å². The molecule has 1 aromatic carbocycles. The van der Waals surface area contributed by atoms with Gasteiger partial charge in [-0.1, -0.05) is 37.5 Å². The van der Waals surface area contributed by atoms with Crippen LogP contribution in [-0.4, -0.2) is 24.6 Å². The maximum atomic E-state index is 12.0. The third-order valence-corrected chi connectivity index (χ3v) is 3.71. The highest BCUT2D eigenvalue weighted by Gasteiger charge is 2.24. The van der Waals surface area contributed by atoms with Gasteiger partial charge in [-0.3, -0.25) is 4.79 Å². The van der Waals surface area contributed by atoms with Gasteiger partial charge in [-0.25, -0.2) is 4.79 Å². The number of rotatable bonds is 5. The van der Waals surface area contributed by atoms with Crippen molar-refractivity contribution < 1.29 is 19.1 Å². The van der Waals surface area contributed by atoms with Gasteiger partial charge in [-0.2, -0.15) is 0 Å². The Morgan fingerprint density at radius 1 is 1.14 bits per heavy atom. The van der Waals surface area contributed by atoms with Gasteiger partial charge in [-0.05, 0) is 31.9 Å². The second-order valence-electron chi connectivity index (χ2n) is 5.55. The molecule has 21 heavy (non-hydrogen) atoms. The Bertz CT molecular complexity index is 463. The summed E-state index contributed by atoms with van der Waals surface area (Å²) in [5, 5.41) is 0. The van der Waals surface area contributed by atoms with Gasteiger partial charge in [0.25, 0.3) is 0 Å². The first kappa shape index (κ1) is 15.5. The summed E-state index contributed by atoms with van der Waals surface area (Å²) in [5.41, 5.74) is 0.503. The van der Waals surface area contributed by atoms with E-state index in [1.54, 1.807) is 31.2 Å². The fourth-order valence-electron chi connectivity index (χ4n) is 2.52. The third kappa shape index (κ3) is 4.88. The van der Waals surface area contributed by atoms with Crippen molar-refractivity contribution in [1.29, 1.82) is 0 Å². The molecule has 1 fully saturated rings. The van der Waals surface area contributed by atoms with E-state index in [9.17, 15) is 9.59 Å². The van der Waals surface area contributed by atoms with Crippen LogP contribution in [0.1, 0.15) is 49.4 Å². The first-order valence-electron chi connectivity index (χ1n) is 7.59. The molecule has 0 heterocycles. The molecule has 114 valence electrons. The predicted octanol–water partition coefficient (Wildman–Crippen LogP) is 3.36. The van der Waals surface area contributed by atoms with E-state index in [1.165, 1.54) is 6.42 Å². The molecule has 1 atom stereocenters. The highest BCUT2D eigenvalue weighted by Crippen LogP contribution is 2.25. The van der Waals surface area contributed by atoms with Gasteiger partial charge in [0.15, 0.2) is 0 Å². The molecule has 0 radical (unpaired) electrons. The summed E-state index contributed by atoms with van der Waals surface area (Å²) in [7, 11) is 0. The standard InChI is InChI=1S/C17H22O4/c1-13(21-17(19)15-10-6-3-7-11-15)12-20-16(18)14-8-4-2-5-9-14/h2,4-5,8-9,13,15H,3,6-7,10-12H2,1H3. The van der Waals surface area contributed by atoms with E-state index in [4.69, 9.17) is 9.47 Å². The van der Waals surface area contributed by atoms with E-state index in [1.807, 2.05) is 6.07 Å². The number of carbonyl (C=O) groups excluding carboxylic acids is 2. The highest BCUT2D eigenvalue weighted by atomic mass is 16.6. The molecular weight excluding hydrogens is 268 g/mol. The molecule has 1 aliphatic carbocycles. The quantitative estimate of drug-likeness (QED) is 0.780. The smallest absolute Gasteiger partial charge is 0.338 e. The minimum Gasteiger partial charge on any atom is -0.459 e. The van der Waals surface area contributed by atoms with Crippen LogP contribution in [0.3, 0.4) is 0 Å². The van der Waals surface area contributed by atoms with Crippen LogP contribution < -0.4 is 0 Å². The minimum atomic E-state index is -0.410. The second kappa shape index (κ2) is 7.81. The fraction of sp³-hybridized carbons (Fsp3) is 0.529. The molecule has 4 nitrogen and oxygen atoms in total. The number of esters is 2. The van der Waals surface area contributed by atoms with Gasteiger partial charge in [0.1, 0.15) is 12.7 Å². The Hall–Kier alpha value is -1.84. The zero-order valence-corrected chi connectivity index (χ0v) is 12.4. The van der Waals surface area contributed by atoms with Crippen LogP contribution in [0.5, 0.6) is 0 Å². The van der Waals surface area contributed by atoms with Crippen molar-refractivity contribution in [1.82, 2.24) is 0 Å². The lowest BCUT2D eigenvalue weighted by atomic mass is 9.89. The van der Waals surface area contributed by atoms with Gasteiger partial charge in [0.05, 0.1) is 11.5 Å². The molecule has 0 aliphatic heterocycles. The van der Waals surface area contributed by atoms with Crippen molar-refractivity contribution >= 4 is 11.9 Å². The summed E-state index contributed by atoms with van der Waals surface area (Å²) in [6.07, 6.45) is 4.81. The fourth-order valence-corrected chi connectivity index (χ4v) is 2.52. The molecule has 1 unspecified atom stereocenters. The SMILES string of the molecule is CC(COC(=O)c1ccccc1)OC(=O)C1CCCCC1. The maximum absolute atomic E-state index is 12.0. The third-order valence-electron chi connectivity index (χ3n) is 3.71. The van der Waals surface area contributed by atoms with Crippen LogP contribution in [0.2, 0.25) is 0 Å². The number of hydrogen-bond donors (Lipinski definition) is 0. The van der Waals surface area contributed by atoms with E-state index in [0.717, 1.165) is 25.7 Å². The number of ether oxygens (including phenoxy) is 2. The van der Waals surface area contributed by atoms with Crippen molar-refractivity contribution in [2.45, 2.75) is 45.1 Å². The Morgan fingerprint density at radius 3 is 2.48 bits per heavy atom. The number of hydrogen-bond acceptors (Lipinski definition) is 4. The molecule has 1 aromatic rings. The average Bonchev–Trinajstić information content (AvgIpc) is 2.54. The van der Waals surface area contributed by atoms with Gasteiger partial charge in [0, 0.05) is 0 Å². The van der Waals surface area contributed by atoms with Crippen LogP contribution in [0.25, 0.3) is 0 Å². The topological polar surface area (TPSA) is 52.6 Å². The predicted molar refractivity (Wildman–Crippen MR) is 78.9 cm³/mol. The highest BCUT2D eigenvalue weighted by molar-refractivity contribution is 5.89. The summed E-state index contributed by atoms with van der Waals surface area (Å²) in [6, 6.07) is 8.79. The summed E-state index contributed by atoms with van der Waals surface area (Å²) in [6.45, 7) is 1.84. The van der Waals surface area contributed by atoms with Gasteiger partial charge >= 0.3 is 11.9 Å². The molecule has 1 saturated carbocycles. The number of carbonyl (C=O) groups is 2. The molecule has 0 amide bonds. The Morgan fingerprint density at radius 2 is 1.81 bits per heavy atom. The van der Waals surface area contributed by atoms with Crippen LogP contribution >= 0.6 is 0 Å². The zero-order valence-electron chi connectivity index (χ0n) is 12.4. The lowest BCUT2D eigenvalue weighted by Gasteiger charge is -2.22. The molecular formula is C17H22O4. The molecule has 0 saturated heterocycles. The monoisotopic (exact) mass is 290 g/mol. The largest absolute Gasteiger partial charge is 0.459 e. The first-order chi connectivity index (χ1) is 10.2. The summed E-state index contributed by atoms with van der Waals surface area (Å²) in [5.74, 6) is -0.528. The van der Waals surface area contributed by atoms with Crippen molar-refractivity contribution in [3.63, 3.8) is 0 Å². The normalized spacial score (nSPS) is 17.0. The Balaban J connectivity index is 1.73. The van der Waals surface area contributed by atoms with E-state index < -0.39 is 12.1 Å². The Kier molecular flexibility index (Phi) is 5.78. The molecule has 1 aliphatic rings. The van der Waals surface area contributed by atoms with Crippen LogP contribution in [0, 0.1) is 5.92 Å². The molecule has 0 bridgehead atoms. The first-order valence-corrected chi connectivity index (χ1v) is 7.59. The van der Waals surface area contributed by atoms with Crippen molar-refractivity contribution in [3.05, 3.63) is 35.9 Å². The summed E-state index contributed by atoms with van der Waals surface area (Å²) < 4.78 is 10.5. The van der Waals surface area contributed by atoms with Crippen molar-refractivity contribution in [2.75, 3.05) is 6.61 Å². The van der Waals surface area contributed by atoms with E-state index >= 15 is 0 Å². The van der Waals surface area contributed by atoms with Crippen LogP contribution in [0.15, 0.2) is 30.3 Å². The lowest BCUT2D eigenvalue weighted by molar-refractivity contribution is -0.156. The van der Waals surface area contributed by atoms with Crippen molar-refractivity contribution in [2.24, 2.45) is 5.92 Å². The van der Waals surface area contributed by atoms with Gasteiger partial charge < -0.3 is 9.47 Å². The van der Waals surface area contributed by atoms with Gasteiger partial charge in [0.2, 0.25) is 0 Å². The summed E-state index contributed by atoms with van der Waals surface area (Å²) in [4.78, 5) is 23.7. The molecule has 2 rings (SSSR count). The number of benzene rings is 1. The van der Waals surface area contributed by atoms with Crippen LogP contribution in [0.4, 0.5) is 0 Å². The second-order valence-corrected chi connectivity index (χ2v) is 5.55. The van der Waals surface area contributed by atoms with E-state index in [-0.39, 0.29) is 18.5 Å². The molecule has 0 aromatic heterocycles. The summed E-state index contributed by atoms with van der Waals surface area (Å²) >= 11 is 0. The van der Waals surface area contributed by atoms with Crippen LogP contribution in [-0.2, 0) is 14.3 Å². The molecule has 0 N–H and O–H groups in total. The molecule has 0 spiro atoms. The van der Waals surface area contributed by atoms with Gasteiger partial charge in [-0.15, -0.1) is 0 Å².